The number of carbonyl (C=O) groups excluding carboxylic acids is 1. The molecule has 5 nitrogen and oxygen atoms in total. The minimum atomic E-state index is -4.70. The highest BCUT2D eigenvalue weighted by molar-refractivity contribution is 7.90. The molecule has 0 atom stereocenters. The van der Waals surface area contributed by atoms with Crippen molar-refractivity contribution in [2.24, 2.45) is 0 Å². The Bertz CT molecular complexity index is 1100. The molecule has 26 heavy (non-hydrogen) atoms. The highest BCUT2D eigenvalue weighted by Crippen LogP contribution is 2.34. The summed E-state index contributed by atoms with van der Waals surface area (Å²) in [6, 6.07) is 7.67. The van der Waals surface area contributed by atoms with Crippen LogP contribution in [0.15, 0.2) is 47.5 Å². The highest BCUT2D eigenvalue weighted by Gasteiger charge is 2.34. The maximum Gasteiger partial charge on any atom is 0.416 e. The second-order valence-electron chi connectivity index (χ2n) is 5.83. The van der Waals surface area contributed by atoms with E-state index in [1.54, 1.807) is 18.2 Å². The van der Waals surface area contributed by atoms with Gasteiger partial charge in [-0.05, 0) is 35.9 Å². The summed E-state index contributed by atoms with van der Waals surface area (Å²) >= 11 is 0. The number of hydrogen-bond acceptors (Lipinski definition) is 4. The standard InChI is InChI=1S/C17H13F3N2O3S/c1-26(24,25)14-4-3-12(15(7-14)17(18,19)20)9-22-16-5-2-11(10-23)6-13(16)8-21-22/h2-8,10H,9H2,1H3. The molecule has 0 radical (unpaired) electrons. The molecule has 0 N–H and O–H groups in total. The Morgan fingerprint density at radius 3 is 2.50 bits per heavy atom. The smallest absolute Gasteiger partial charge is 0.298 e. The molecule has 0 spiro atoms. The van der Waals surface area contributed by atoms with E-state index in [1.165, 1.54) is 10.9 Å². The van der Waals surface area contributed by atoms with E-state index in [9.17, 15) is 26.4 Å². The van der Waals surface area contributed by atoms with Crippen molar-refractivity contribution >= 4 is 27.0 Å². The number of aromatic nitrogens is 2. The first-order valence-corrected chi connectivity index (χ1v) is 9.29. The largest absolute Gasteiger partial charge is 0.416 e. The van der Waals surface area contributed by atoms with Crippen molar-refractivity contribution in [3.8, 4) is 0 Å². The van der Waals surface area contributed by atoms with Crippen LogP contribution < -0.4 is 0 Å². The molecule has 0 saturated carbocycles. The van der Waals surface area contributed by atoms with Crippen molar-refractivity contribution in [3.05, 3.63) is 59.3 Å². The molecule has 0 aliphatic heterocycles. The Morgan fingerprint density at radius 2 is 1.88 bits per heavy atom. The van der Waals surface area contributed by atoms with E-state index in [0.717, 1.165) is 18.4 Å². The van der Waals surface area contributed by atoms with Crippen LogP contribution in [-0.4, -0.2) is 30.7 Å². The molecule has 9 heteroatoms. The van der Waals surface area contributed by atoms with Crippen LogP contribution in [0.4, 0.5) is 13.2 Å². The Labute approximate surface area is 147 Å². The van der Waals surface area contributed by atoms with Crippen molar-refractivity contribution in [2.75, 3.05) is 6.26 Å². The minimum Gasteiger partial charge on any atom is -0.298 e. The SMILES string of the molecule is CS(=O)(=O)c1ccc(Cn2ncc3cc(C=O)ccc32)c(C(F)(F)F)c1. The third kappa shape index (κ3) is 3.48. The number of hydrogen-bond donors (Lipinski definition) is 0. The molecule has 1 aromatic heterocycles. The third-order valence-electron chi connectivity index (χ3n) is 3.94. The fourth-order valence-corrected chi connectivity index (χ4v) is 3.30. The molecule has 0 unspecified atom stereocenters. The van der Waals surface area contributed by atoms with Gasteiger partial charge in [-0.2, -0.15) is 18.3 Å². The summed E-state index contributed by atoms with van der Waals surface area (Å²) in [5.74, 6) is 0. The maximum absolute atomic E-state index is 13.4. The van der Waals surface area contributed by atoms with E-state index < -0.39 is 26.5 Å². The van der Waals surface area contributed by atoms with Crippen LogP contribution in [0.3, 0.4) is 0 Å². The summed E-state index contributed by atoms with van der Waals surface area (Å²) < 4.78 is 64.7. The second kappa shape index (κ2) is 6.24. The lowest BCUT2D eigenvalue weighted by molar-refractivity contribution is -0.138. The van der Waals surface area contributed by atoms with E-state index in [1.807, 2.05) is 0 Å². The zero-order valence-electron chi connectivity index (χ0n) is 13.5. The van der Waals surface area contributed by atoms with Gasteiger partial charge in [0, 0.05) is 17.2 Å². The summed E-state index contributed by atoms with van der Waals surface area (Å²) in [6.45, 7) is -0.192. The van der Waals surface area contributed by atoms with Crippen molar-refractivity contribution in [1.82, 2.24) is 9.78 Å². The summed E-state index contributed by atoms with van der Waals surface area (Å²) in [6.07, 6.45) is -1.72. The van der Waals surface area contributed by atoms with Gasteiger partial charge in [-0.3, -0.25) is 9.48 Å². The number of aldehydes is 1. The molecule has 1 heterocycles. The highest BCUT2D eigenvalue weighted by atomic mass is 32.2. The number of sulfone groups is 1. The van der Waals surface area contributed by atoms with Gasteiger partial charge >= 0.3 is 6.18 Å². The first-order chi connectivity index (χ1) is 12.1. The second-order valence-corrected chi connectivity index (χ2v) is 7.84. The van der Waals surface area contributed by atoms with Crippen molar-refractivity contribution in [3.63, 3.8) is 0 Å². The van der Waals surface area contributed by atoms with Crippen molar-refractivity contribution in [2.45, 2.75) is 17.6 Å². The Hall–Kier alpha value is -2.68. The molecule has 3 aromatic rings. The zero-order valence-corrected chi connectivity index (χ0v) is 14.3. The fraction of sp³-hybridized carbons (Fsp3) is 0.176. The molecule has 0 aliphatic rings. The van der Waals surface area contributed by atoms with Gasteiger partial charge in [-0.1, -0.05) is 6.07 Å². The normalized spacial score (nSPS) is 12.5. The number of rotatable bonds is 4. The predicted molar refractivity (Wildman–Crippen MR) is 88.8 cm³/mol. The van der Waals surface area contributed by atoms with Gasteiger partial charge in [0.05, 0.1) is 28.7 Å². The molecule has 0 bridgehead atoms. The zero-order chi connectivity index (χ0) is 19.1. The number of nitrogens with zero attached hydrogens (tertiary/aromatic N) is 2. The maximum atomic E-state index is 13.4. The first kappa shape index (κ1) is 18.1. The number of benzene rings is 2. The summed E-state index contributed by atoms with van der Waals surface area (Å²) in [5.41, 5.74) is -0.121. The van der Waals surface area contributed by atoms with Crippen LogP contribution >= 0.6 is 0 Å². The third-order valence-corrected chi connectivity index (χ3v) is 5.05. The van der Waals surface area contributed by atoms with E-state index >= 15 is 0 Å². The molecule has 0 saturated heterocycles. The molecule has 2 aromatic carbocycles. The fourth-order valence-electron chi connectivity index (χ4n) is 2.65. The van der Waals surface area contributed by atoms with E-state index in [-0.39, 0.29) is 12.1 Å². The van der Waals surface area contributed by atoms with E-state index in [4.69, 9.17) is 0 Å². The molecule has 0 amide bonds. The van der Waals surface area contributed by atoms with Crippen LogP contribution in [0.25, 0.3) is 10.9 Å². The molecule has 0 fully saturated rings. The Morgan fingerprint density at radius 1 is 1.15 bits per heavy atom. The number of carbonyl (C=O) groups is 1. The minimum absolute atomic E-state index is 0.102. The predicted octanol–water partition coefficient (Wildman–Crippen LogP) is 3.32. The Balaban J connectivity index is 2.09. The van der Waals surface area contributed by atoms with Crippen LogP contribution in [0.1, 0.15) is 21.5 Å². The van der Waals surface area contributed by atoms with Crippen molar-refractivity contribution < 1.29 is 26.4 Å². The van der Waals surface area contributed by atoms with Crippen LogP contribution in [-0.2, 0) is 22.6 Å². The van der Waals surface area contributed by atoms with E-state index in [0.29, 0.717) is 28.8 Å². The van der Waals surface area contributed by atoms with Crippen molar-refractivity contribution in [1.29, 1.82) is 0 Å². The van der Waals surface area contributed by atoms with Crippen LogP contribution in [0, 0.1) is 0 Å². The van der Waals surface area contributed by atoms with Gasteiger partial charge in [-0.15, -0.1) is 0 Å². The lowest BCUT2D eigenvalue weighted by Gasteiger charge is -2.14. The molecule has 136 valence electrons. The lowest BCUT2D eigenvalue weighted by Crippen LogP contribution is -2.14. The van der Waals surface area contributed by atoms with Crippen LogP contribution in [0.5, 0.6) is 0 Å². The van der Waals surface area contributed by atoms with Crippen LogP contribution in [0.2, 0.25) is 0 Å². The average Bonchev–Trinajstić information content (AvgIpc) is 2.95. The Kier molecular flexibility index (Phi) is 4.35. The van der Waals surface area contributed by atoms with Gasteiger partial charge in [0.25, 0.3) is 0 Å². The van der Waals surface area contributed by atoms with Gasteiger partial charge in [-0.25, -0.2) is 8.42 Å². The average molecular weight is 382 g/mol. The summed E-state index contributed by atoms with van der Waals surface area (Å²) in [7, 11) is -3.76. The summed E-state index contributed by atoms with van der Waals surface area (Å²) in [4.78, 5) is 10.4. The summed E-state index contributed by atoms with van der Waals surface area (Å²) in [5, 5.41) is 4.70. The molecule has 0 aliphatic carbocycles. The van der Waals surface area contributed by atoms with Gasteiger partial charge in [0.15, 0.2) is 9.84 Å². The van der Waals surface area contributed by atoms with E-state index in [2.05, 4.69) is 5.10 Å². The number of fused-ring (bicyclic) bond motifs is 1. The number of alkyl halides is 3. The number of halogens is 3. The monoisotopic (exact) mass is 382 g/mol. The molecule has 3 rings (SSSR count). The van der Waals surface area contributed by atoms with Gasteiger partial charge < -0.3 is 0 Å². The molecular formula is C17H13F3N2O3S. The topological polar surface area (TPSA) is 69.0 Å². The quantitative estimate of drug-likeness (QED) is 0.649. The van der Waals surface area contributed by atoms with Gasteiger partial charge in [0.2, 0.25) is 0 Å². The van der Waals surface area contributed by atoms with Gasteiger partial charge in [0.1, 0.15) is 6.29 Å². The first-order valence-electron chi connectivity index (χ1n) is 7.40. The molecular weight excluding hydrogens is 369 g/mol. The lowest BCUT2D eigenvalue weighted by atomic mass is 10.1.